The van der Waals surface area contributed by atoms with Crippen molar-refractivity contribution in [2.75, 3.05) is 0 Å². The van der Waals surface area contributed by atoms with Gasteiger partial charge in [-0.15, -0.1) is 5.10 Å². The van der Waals surface area contributed by atoms with E-state index in [1.807, 2.05) is 48.5 Å². The first kappa shape index (κ1) is 27.8. The molecule has 0 amide bonds. The number of para-hydroxylation sites is 3. The van der Waals surface area contributed by atoms with Crippen LogP contribution in [0.1, 0.15) is 0 Å². The zero-order valence-corrected chi connectivity index (χ0v) is 27.1. The van der Waals surface area contributed by atoms with E-state index in [0.717, 1.165) is 72.4 Å². The van der Waals surface area contributed by atoms with Crippen LogP contribution in [0, 0.1) is 0 Å². The number of hydrogen-bond acceptors (Lipinski definition) is 5. The summed E-state index contributed by atoms with van der Waals surface area (Å²) in [6.45, 7) is 0. The Morgan fingerprint density at radius 2 is 0.980 bits per heavy atom. The van der Waals surface area contributed by atoms with Crippen LogP contribution in [0.2, 0.25) is 0 Å². The Kier molecular flexibility index (Phi) is 5.83. The number of nitrogens with zero attached hydrogens (tertiary/aromatic N) is 6. The van der Waals surface area contributed by atoms with E-state index in [2.05, 4.69) is 122 Å². The van der Waals surface area contributed by atoms with Crippen LogP contribution < -0.4 is 0 Å². The Morgan fingerprint density at radius 1 is 0.431 bits per heavy atom. The predicted molar refractivity (Wildman–Crippen MR) is 204 cm³/mol. The van der Waals surface area contributed by atoms with E-state index in [9.17, 15) is 0 Å². The van der Waals surface area contributed by atoms with Crippen molar-refractivity contribution >= 4 is 65.9 Å². The molecule has 0 spiro atoms. The van der Waals surface area contributed by atoms with E-state index in [0.29, 0.717) is 11.2 Å². The van der Waals surface area contributed by atoms with Gasteiger partial charge in [0.1, 0.15) is 11.0 Å². The quantitative estimate of drug-likeness (QED) is 0.189. The van der Waals surface area contributed by atoms with Crippen molar-refractivity contribution in [3.8, 4) is 33.9 Å². The molecule has 11 aromatic rings. The number of aromatic nitrogens is 6. The van der Waals surface area contributed by atoms with Gasteiger partial charge in [-0.2, -0.15) is 5.10 Å². The van der Waals surface area contributed by atoms with Gasteiger partial charge in [-0.25, -0.2) is 9.97 Å². The van der Waals surface area contributed by atoms with Gasteiger partial charge in [-0.1, -0.05) is 78.9 Å². The molecule has 0 radical (unpaired) electrons. The maximum atomic E-state index is 6.26. The van der Waals surface area contributed by atoms with Gasteiger partial charge in [0, 0.05) is 44.0 Å². The van der Waals surface area contributed by atoms with Crippen molar-refractivity contribution in [1.29, 1.82) is 0 Å². The van der Waals surface area contributed by atoms with Gasteiger partial charge < -0.3 is 8.98 Å². The molecule has 5 aromatic carbocycles. The van der Waals surface area contributed by atoms with Crippen LogP contribution in [-0.2, 0) is 0 Å². The van der Waals surface area contributed by atoms with Crippen LogP contribution in [0.4, 0.5) is 0 Å². The smallest absolute Gasteiger partial charge is 0.168 e. The van der Waals surface area contributed by atoms with Gasteiger partial charge in [0.2, 0.25) is 0 Å². The standard InChI is InChI=1S/C44H26N6O/c1-3-9-29(10-4-1)49-37-14-8-7-13-31(37)32-17-15-27(25-38(32)49)35-19-21-40-42(46-35)43-41(51-40)22-20-36(47-43)28-16-18-33-34-23-24-45-48-44(34)50(39(33)26-28)30-11-5-2-6-12-30/h1-26H. The predicted octanol–water partition coefficient (Wildman–Crippen LogP) is 10.7. The van der Waals surface area contributed by atoms with Gasteiger partial charge >= 0.3 is 0 Å². The minimum atomic E-state index is 0.702. The van der Waals surface area contributed by atoms with Crippen LogP contribution in [0.3, 0.4) is 0 Å². The second-order valence-corrected chi connectivity index (χ2v) is 12.8. The van der Waals surface area contributed by atoms with Gasteiger partial charge in [0.25, 0.3) is 0 Å². The number of benzene rings is 5. The molecule has 7 nitrogen and oxygen atoms in total. The fourth-order valence-corrected chi connectivity index (χ4v) is 7.58. The van der Waals surface area contributed by atoms with Crippen molar-refractivity contribution < 1.29 is 4.42 Å². The first-order valence-electron chi connectivity index (χ1n) is 16.9. The average molecular weight is 655 g/mol. The zero-order chi connectivity index (χ0) is 33.5. The van der Waals surface area contributed by atoms with Crippen LogP contribution in [0.5, 0.6) is 0 Å². The van der Waals surface area contributed by atoms with Crippen molar-refractivity contribution in [3.63, 3.8) is 0 Å². The van der Waals surface area contributed by atoms with Crippen molar-refractivity contribution in [2.45, 2.75) is 0 Å². The normalized spacial score (nSPS) is 11.9. The van der Waals surface area contributed by atoms with Gasteiger partial charge in [0.05, 0.1) is 34.1 Å². The topological polar surface area (TPSA) is 74.6 Å². The van der Waals surface area contributed by atoms with Gasteiger partial charge in [-0.3, -0.25) is 4.57 Å². The molecular formula is C44H26N6O. The number of rotatable bonds is 4. The van der Waals surface area contributed by atoms with Crippen LogP contribution in [-0.4, -0.2) is 29.3 Å². The number of furan rings is 1. The highest BCUT2D eigenvalue weighted by Gasteiger charge is 2.18. The molecule has 7 heteroatoms. The molecule has 0 unspecified atom stereocenters. The summed E-state index contributed by atoms with van der Waals surface area (Å²) in [5, 5.41) is 13.3. The minimum absolute atomic E-state index is 0.702. The summed E-state index contributed by atoms with van der Waals surface area (Å²) in [5.74, 6) is 0. The Hall–Kier alpha value is -7.12. The molecule has 0 fully saturated rings. The Balaban J connectivity index is 1.07. The third kappa shape index (κ3) is 4.18. The summed E-state index contributed by atoms with van der Waals surface area (Å²) in [7, 11) is 0. The summed E-state index contributed by atoms with van der Waals surface area (Å²) in [6.07, 6.45) is 1.74. The highest BCUT2D eigenvalue weighted by atomic mass is 16.3. The Morgan fingerprint density at radius 3 is 1.65 bits per heavy atom. The van der Waals surface area contributed by atoms with Crippen molar-refractivity contribution in [1.82, 2.24) is 29.3 Å². The first-order chi connectivity index (χ1) is 25.3. The minimum Gasteiger partial charge on any atom is -0.453 e. The Labute approximate surface area is 290 Å². The van der Waals surface area contributed by atoms with Crippen LogP contribution in [0.25, 0.3) is 99.8 Å². The van der Waals surface area contributed by atoms with Crippen LogP contribution >= 0.6 is 0 Å². The monoisotopic (exact) mass is 654 g/mol. The number of pyridine rings is 2. The highest BCUT2D eigenvalue weighted by molar-refractivity contribution is 6.11. The molecule has 0 bridgehead atoms. The van der Waals surface area contributed by atoms with E-state index >= 15 is 0 Å². The molecule has 0 atom stereocenters. The van der Waals surface area contributed by atoms with Gasteiger partial charge in [0.15, 0.2) is 16.8 Å². The summed E-state index contributed by atoms with van der Waals surface area (Å²) in [5.41, 5.74) is 12.9. The molecular weight excluding hydrogens is 629 g/mol. The maximum absolute atomic E-state index is 6.26. The lowest BCUT2D eigenvalue weighted by atomic mass is 10.1. The second-order valence-electron chi connectivity index (χ2n) is 12.8. The van der Waals surface area contributed by atoms with E-state index in [4.69, 9.17) is 14.4 Å². The number of hydrogen-bond donors (Lipinski definition) is 0. The first-order valence-corrected chi connectivity index (χ1v) is 16.9. The molecule has 51 heavy (non-hydrogen) atoms. The average Bonchev–Trinajstić information content (AvgIpc) is 3.85. The summed E-state index contributed by atoms with van der Waals surface area (Å²) in [6, 6.07) is 52.4. The molecule has 6 heterocycles. The molecule has 0 saturated carbocycles. The summed E-state index contributed by atoms with van der Waals surface area (Å²) in [4.78, 5) is 10.3. The SMILES string of the molecule is c1ccc(-n2c3ccccc3c3ccc(-c4ccc5oc6ccc(-c7ccc8c9ccnnc9n(-c9ccccc9)c8c7)nc6c5n4)cc32)cc1. The summed E-state index contributed by atoms with van der Waals surface area (Å²) < 4.78 is 10.7. The lowest BCUT2D eigenvalue weighted by Gasteiger charge is -2.08. The largest absolute Gasteiger partial charge is 0.453 e. The third-order valence-corrected chi connectivity index (χ3v) is 9.90. The lowest BCUT2D eigenvalue weighted by Crippen LogP contribution is -1.96. The van der Waals surface area contributed by atoms with Crippen molar-refractivity contribution in [3.05, 3.63) is 158 Å². The van der Waals surface area contributed by atoms with Crippen molar-refractivity contribution in [2.24, 2.45) is 0 Å². The molecule has 0 N–H and O–H groups in total. The van der Waals surface area contributed by atoms with E-state index in [-0.39, 0.29) is 0 Å². The molecule has 0 saturated heterocycles. The van der Waals surface area contributed by atoms with E-state index in [1.165, 1.54) is 16.3 Å². The number of fused-ring (bicyclic) bond motifs is 9. The van der Waals surface area contributed by atoms with E-state index < -0.39 is 0 Å². The lowest BCUT2D eigenvalue weighted by molar-refractivity contribution is 0.667. The highest BCUT2D eigenvalue weighted by Crippen LogP contribution is 2.37. The van der Waals surface area contributed by atoms with Gasteiger partial charge in [-0.05, 0) is 72.8 Å². The molecule has 238 valence electrons. The third-order valence-electron chi connectivity index (χ3n) is 9.90. The molecule has 6 aromatic heterocycles. The molecule has 11 rings (SSSR count). The molecule has 0 aliphatic rings. The zero-order valence-electron chi connectivity index (χ0n) is 27.1. The summed E-state index contributed by atoms with van der Waals surface area (Å²) >= 11 is 0. The molecule has 0 aliphatic carbocycles. The fraction of sp³-hybridized carbons (Fsp3) is 0. The second kappa shape index (κ2) is 10.7. The van der Waals surface area contributed by atoms with E-state index in [1.54, 1.807) is 6.20 Å². The Bertz CT molecular complexity index is 2930. The molecule has 0 aliphatic heterocycles. The van der Waals surface area contributed by atoms with Crippen LogP contribution in [0.15, 0.2) is 162 Å². The maximum Gasteiger partial charge on any atom is 0.168 e. The fourth-order valence-electron chi connectivity index (χ4n) is 7.58.